The highest BCUT2D eigenvalue weighted by atomic mass is 127. The molecule has 0 saturated carbocycles. The maximum Gasteiger partial charge on any atom is 0.132 e. The highest BCUT2D eigenvalue weighted by Crippen LogP contribution is 2.29. The highest BCUT2D eigenvalue weighted by Gasteiger charge is 2.12. The van der Waals surface area contributed by atoms with Crippen LogP contribution in [0.3, 0.4) is 0 Å². The van der Waals surface area contributed by atoms with Crippen LogP contribution in [0.15, 0.2) is 42.5 Å². The zero-order chi connectivity index (χ0) is 10.8. The van der Waals surface area contributed by atoms with Crippen LogP contribution in [0, 0.1) is 15.2 Å². The van der Waals surface area contributed by atoms with E-state index in [2.05, 4.69) is 0 Å². The molecule has 0 bridgehead atoms. The molecule has 0 radical (unpaired) electrons. The monoisotopic (exact) mass is 316 g/mol. The van der Waals surface area contributed by atoms with Crippen molar-refractivity contribution in [2.75, 3.05) is 0 Å². The molecule has 3 heteroatoms. The van der Waals surface area contributed by atoms with Gasteiger partial charge in [-0.05, 0) is 40.8 Å². The third-order valence-corrected chi connectivity index (χ3v) is 3.00. The second kappa shape index (κ2) is 4.26. The van der Waals surface area contributed by atoms with Crippen LogP contribution in [-0.2, 0) is 0 Å². The van der Waals surface area contributed by atoms with E-state index in [1.54, 1.807) is 30.3 Å². The molecular weight excluding hydrogens is 309 g/mol. The summed E-state index contributed by atoms with van der Waals surface area (Å²) < 4.78 is 27.7. The summed E-state index contributed by atoms with van der Waals surface area (Å²) in [6, 6.07) is 10.9. The lowest BCUT2D eigenvalue weighted by atomic mass is 10.0. The van der Waals surface area contributed by atoms with E-state index in [0.29, 0.717) is 14.7 Å². The van der Waals surface area contributed by atoms with Crippen molar-refractivity contribution in [2.45, 2.75) is 0 Å². The van der Waals surface area contributed by atoms with Crippen LogP contribution in [0.1, 0.15) is 0 Å². The van der Waals surface area contributed by atoms with Gasteiger partial charge in [0.25, 0.3) is 0 Å². The Bertz CT molecular complexity index is 474. The first-order valence-electron chi connectivity index (χ1n) is 4.39. The Kier molecular flexibility index (Phi) is 3.00. The van der Waals surface area contributed by atoms with Crippen molar-refractivity contribution in [1.82, 2.24) is 0 Å². The summed E-state index contributed by atoms with van der Waals surface area (Å²) in [6.45, 7) is 0. The first-order chi connectivity index (χ1) is 7.20. The summed E-state index contributed by atoms with van der Waals surface area (Å²) in [4.78, 5) is 0. The molecule has 0 nitrogen and oxygen atoms in total. The minimum atomic E-state index is -0.402. The molecule has 0 N–H and O–H groups in total. The van der Waals surface area contributed by atoms with Gasteiger partial charge in [0, 0.05) is 14.7 Å². The van der Waals surface area contributed by atoms with Gasteiger partial charge in [0.05, 0.1) is 0 Å². The molecule has 0 aromatic heterocycles. The minimum absolute atomic E-state index is 0.306. The van der Waals surface area contributed by atoms with Crippen LogP contribution in [0.2, 0.25) is 0 Å². The first-order valence-corrected chi connectivity index (χ1v) is 5.47. The van der Waals surface area contributed by atoms with Crippen LogP contribution in [-0.4, -0.2) is 0 Å². The molecule has 0 amide bonds. The number of hydrogen-bond acceptors (Lipinski definition) is 0. The van der Waals surface area contributed by atoms with Gasteiger partial charge in [-0.1, -0.05) is 24.3 Å². The predicted octanol–water partition coefficient (Wildman–Crippen LogP) is 4.24. The number of halogens is 3. The molecule has 0 aliphatic rings. The zero-order valence-corrected chi connectivity index (χ0v) is 9.83. The molecule has 0 spiro atoms. The second-order valence-corrected chi connectivity index (χ2v) is 4.24. The minimum Gasteiger partial charge on any atom is -0.206 e. The van der Waals surface area contributed by atoms with Gasteiger partial charge in [-0.3, -0.25) is 0 Å². The molecule has 0 unspecified atom stereocenters. The maximum atomic E-state index is 13.5. The Balaban J connectivity index is 2.69. The van der Waals surface area contributed by atoms with Crippen LogP contribution in [0.5, 0.6) is 0 Å². The molecular formula is C12H7F2I. The summed E-state index contributed by atoms with van der Waals surface area (Å²) in [5.41, 5.74) is 0.635. The molecule has 0 heterocycles. The van der Waals surface area contributed by atoms with E-state index < -0.39 is 11.6 Å². The van der Waals surface area contributed by atoms with Gasteiger partial charge in [0.2, 0.25) is 0 Å². The van der Waals surface area contributed by atoms with E-state index in [0.717, 1.165) is 0 Å². The van der Waals surface area contributed by atoms with Gasteiger partial charge in [0.1, 0.15) is 11.6 Å². The van der Waals surface area contributed by atoms with Crippen molar-refractivity contribution in [3.63, 3.8) is 0 Å². The van der Waals surface area contributed by atoms with Crippen molar-refractivity contribution in [2.24, 2.45) is 0 Å². The van der Waals surface area contributed by atoms with E-state index in [-0.39, 0.29) is 0 Å². The molecule has 2 aromatic carbocycles. The highest BCUT2D eigenvalue weighted by molar-refractivity contribution is 14.1. The average Bonchev–Trinajstić information content (AvgIpc) is 2.20. The lowest BCUT2D eigenvalue weighted by Gasteiger charge is -2.06. The Hall–Kier alpha value is -0.970. The Morgan fingerprint density at radius 1 is 0.800 bits per heavy atom. The third-order valence-electron chi connectivity index (χ3n) is 2.11. The van der Waals surface area contributed by atoms with Crippen molar-refractivity contribution in [3.05, 3.63) is 57.7 Å². The molecule has 2 aromatic rings. The smallest absolute Gasteiger partial charge is 0.132 e. The van der Waals surface area contributed by atoms with Gasteiger partial charge in [-0.25, -0.2) is 8.78 Å². The van der Waals surface area contributed by atoms with Crippen molar-refractivity contribution in [1.29, 1.82) is 0 Å². The largest absolute Gasteiger partial charge is 0.206 e. The van der Waals surface area contributed by atoms with Crippen molar-refractivity contribution < 1.29 is 8.78 Å². The summed E-state index contributed by atoms with van der Waals surface area (Å²) in [7, 11) is 0. The molecule has 0 aliphatic heterocycles. The van der Waals surface area contributed by atoms with Crippen LogP contribution >= 0.6 is 22.6 Å². The topological polar surface area (TPSA) is 0 Å². The Morgan fingerprint density at radius 3 is 2.13 bits per heavy atom. The average molecular weight is 316 g/mol. The van der Waals surface area contributed by atoms with E-state index in [1.807, 2.05) is 22.6 Å². The molecule has 0 saturated heterocycles. The second-order valence-electron chi connectivity index (χ2n) is 3.08. The third kappa shape index (κ3) is 2.02. The predicted molar refractivity (Wildman–Crippen MR) is 64.5 cm³/mol. The first kappa shape index (κ1) is 10.5. The zero-order valence-electron chi connectivity index (χ0n) is 7.68. The van der Waals surface area contributed by atoms with Gasteiger partial charge >= 0.3 is 0 Å². The van der Waals surface area contributed by atoms with Crippen LogP contribution in [0.25, 0.3) is 11.1 Å². The lowest BCUT2D eigenvalue weighted by molar-refractivity contribution is 0.615. The quantitative estimate of drug-likeness (QED) is 0.691. The fourth-order valence-corrected chi connectivity index (χ4v) is 2.17. The molecule has 0 fully saturated rings. The summed E-state index contributed by atoms with van der Waals surface area (Å²) in [5.74, 6) is -0.799. The SMILES string of the molecule is Fc1ccccc1-c1c(F)cccc1I. The van der Waals surface area contributed by atoms with Gasteiger partial charge in [0.15, 0.2) is 0 Å². The number of benzene rings is 2. The fraction of sp³-hybridized carbons (Fsp3) is 0. The molecule has 76 valence electrons. The Morgan fingerprint density at radius 2 is 1.47 bits per heavy atom. The molecule has 0 atom stereocenters. The van der Waals surface area contributed by atoms with Crippen molar-refractivity contribution >= 4 is 22.6 Å². The molecule has 0 aliphatic carbocycles. The number of hydrogen-bond donors (Lipinski definition) is 0. The van der Waals surface area contributed by atoms with E-state index in [1.165, 1.54) is 12.1 Å². The molecule has 15 heavy (non-hydrogen) atoms. The van der Waals surface area contributed by atoms with E-state index in [9.17, 15) is 8.78 Å². The lowest BCUT2D eigenvalue weighted by Crippen LogP contribution is -1.91. The molecule has 2 rings (SSSR count). The fourth-order valence-electron chi connectivity index (χ4n) is 1.42. The standard InChI is InChI=1S/C12H7F2I/c13-9-5-2-1-4-8(9)12-10(14)6-3-7-11(12)15/h1-7H. The van der Waals surface area contributed by atoms with Gasteiger partial charge < -0.3 is 0 Å². The summed E-state index contributed by atoms with van der Waals surface area (Å²) >= 11 is 2.00. The van der Waals surface area contributed by atoms with Gasteiger partial charge in [-0.2, -0.15) is 0 Å². The number of rotatable bonds is 1. The van der Waals surface area contributed by atoms with Crippen molar-refractivity contribution in [3.8, 4) is 11.1 Å². The summed E-state index contributed by atoms with van der Waals surface area (Å²) in [5, 5.41) is 0. The maximum absolute atomic E-state index is 13.5. The normalized spacial score (nSPS) is 10.3. The van der Waals surface area contributed by atoms with E-state index in [4.69, 9.17) is 0 Å². The Labute approximate surface area is 100 Å². The summed E-state index contributed by atoms with van der Waals surface area (Å²) in [6.07, 6.45) is 0. The van der Waals surface area contributed by atoms with Crippen LogP contribution < -0.4 is 0 Å². The van der Waals surface area contributed by atoms with Crippen LogP contribution in [0.4, 0.5) is 8.78 Å². The van der Waals surface area contributed by atoms with Gasteiger partial charge in [-0.15, -0.1) is 0 Å². The van der Waals surface area contributed by atoms with E-state index >= 15 is 0 Å².